The summed E-state index contributed by atoms with van der Waals surface area (Å²) in [6.45, 7) is 4.23. The van der Waals surface area contributed by atoms with Crippen molar-refractivity contribution in [2.75, 3.05) is 26.2 Å². The molecule has 0 bridgehead atoms. The van der Waals surface area contributed by atoms with Gasteiger partial charge in [-0.1, -0.05) is 29.8 Å². The molecule has 2 N–H and O–H groups in total. The van der Waals surface area contributed by atoms with Gasteiger partial charge in [0, 0.05) is 38.3 Å². The molecule has 146 valence electrons. The number of carboxylic acid groups (broad SMARTS) is 1. The molecule has 3 rings (SSSR count). The molecule has 3 amide bonds. The average Bonchev–Trinajstić information content (AvgIpc) is 2.72. The Hall–Kier alpha value is -3.35. The normalized spacial score (nSPS) is 13.9. The van der Waals surface area contributed by atoms with Gasteiger partial charge in [0.1, 0.15) is 0 Å². The molecule has 1 saturated heterocycles. The van der Waals surface area contributed by atoms with Crippen LogP contribution in [0.15, 0.2) is 48.5 Å². The number of carbonyl (C=O) groups excluding carboxylic acids is 2. The van der Waals surface area contributed by atoms with Crippen LogP contribution in [0, 0.1) is 6.92 Å². The van der Waals surface area contributed by atoms with Crippen molar-refractivity contribution in [1.82, 2.24) is 15.1 Å². The van der Waals surface area contributed by atoms with E-state index >= 15 is 0 Å². The molecule has 2 aromatic rings. The summed E-state index contributed by atoms with van der Waals surface area (Å²) in [6.07, 6.45) is 0. The molecule has 0 atom stereocenters. The smallest absolute Gasteiger partial charge is 0.335 e. The number of nitrogens with one attached hydrogen (secondary N) is 1. The first kappa shape index (κ1) is 19.4. The minimum Gasteiger partial charge on any atom is -0.478 e. The van der Waals surface area contributed by atoms with Crippen LogP contribution >= 0.6 is 0 Å². The number of hydrogen-bond acceptors (Lipinski definition) is 3. The fraction of sp³-hybridized carbons (Fsp3) is 0.286. The molecular weight excluding hydrogens is 358 g/mol. The van der Waals surface area contributed by atoms with E-state index < -0.39 is 5.97 Å². The van der Waals surface area contributed by atoms with Crippen LogP contribution in [0.1, 0.15) is 31.8 Å². The fourth-order valence-corrected chi connectivity index (χ4v) is 3.05. The zero-order chi connectivity index (χ0) is 20.1. The van der Waals surface area contributed by atoms with Crippen molar-refractivity contribution in [1.29, 1.82) is 0 Å². The number of aromatic carboxylic acids is 1. The Kier molecular flexibility index (Phi) is 5.93. The first-order valence-corrected chi connectivity index (χ1v) is 9.15. The highest BCUT2D eigenvalue weighted by Gasteiger charge is 2.24. The standard InChI is InChI=1S/C21H23N3O4/c1-15-2-6-17(7-3-15)19(25)23-10-12-24(13-11-23)21(28)22-14-16-4-8-18(9-5-16)20(26)27/h2-9H,10-14H2,1H3,(H,22,28)(H,26,27). The number of rotatable bonds is 4. The van der Waals surface area contributed by atoms with Crippen molar-refractivity contribution in [2.24, 2.45) is 0 Å². The van der Waals surface area contributed by atoms with Crippen molar-refractivity contribution in [2.45, 2.75) is 13.5 Å². The molecule has 1 aliphatic heterocycles. The van der Waals surface area contributed by atoms with Crippen LogP contribution in [0.25, 0.3) is 0 Å². The predicted octanol–water partition coefficient (Wildman–Crippen LogP) is 2.36. The zero-order valence-electron chi connectivity index (χ0n) is 15.7. The van der Waals surface area contributed by atoms with E-state index in [0.717, 1.165) is 11.1 Å². The highest BCUT2D eigenvalue weighted by Crippen LogP contribution is 2.11. The van der Waals surface area contributed by atoms with Crippen LogP contribution < -0.4 is 5.32 Å². The lowest BCUT2D eigenvalue weighted by Gasteiger charge is -2.34. The molecule has 2 aromatic carbocycles. The predicted molar refractivity (Wildman–Crippen MR) is 104 cm³/mol. The highest BCUT2D eigenvalue weighted by atomic mass is 16.4. The number of piperazine rings is 1. The van der Waals surface area contributed by atoms with Gasteiger partial charge in [-0.05, 0) is 36.8 Å². The van der Waals surface area contributed by atoms with Crippen LogP contribution in [0.2, 0.25) is 0 Å². The summed E-state index contributed by atoms with van der Waals surface area (Å²) >= 11 is 0. The van der Waals surface area contributed by atoms with Crippen LogP contribution in [-0.2, 0) is 6.54 Å². The molecule has 0 saturated carbocycles. The summed E-state index contributed by atoms with van der Waals surface area (Å²) in [4.78, 5) is 39.2. The maximum absolute atomic E-state index is 12.5. The minimum absolute atomic E-state index is 0.0152. The van der Waals surface area contributed by atoms with E-state index in [1.807, 2.05) is 31.2 Å². The van der Waals surface area contributed by atoms with Gasteiger partial charge in [0.05, 0.1) is 5.56 Å². The van der Waals surface area contributed by atoms with E-state index in [2.05, 4.69) is 5.32 Å². The second-order valence-electron chi connectivity index (χ2n) is 6.81. The summed E-state index contributed by atoms with van der Waals surface area (Å²) in [5, 5.41) is 11.7. The van der Waals surface area contributed by atoms with Crippen LogP contribution in [0.5, 0.6) is 0 Å². The second kappa shape index (κ2) is 8.56. The van der Waals surface area contributed by atoms with Gasteiger partial charge < -0.3 is 20.2 Å². The number of carbonyl (C=O) groups is 3. The highest BCUT2D eigenvalue weighted by molar-refractivity contribution is 5.94. The molecule has 1 fully saturated rings. The molecule has 0 unspecified atom stereocenters. The van der Waals surface area contributed by atoms with Crippen molar-refractivity contribution in [3.05, 3.63) is 70.8 Å². The molecule has 0 aromatic heterocycles. The lowest BCUT2D eigenvalue weighted by Crippen LogP contribution is -2.53. The van der Waals surface area contributed by atoms with Gasteiger partial charge in [-0.15, -0.1) is 0 Å². The van der Waals surface area contributed by atoms with E-state index in [1.165, 1.54) is 12.1 Å². The van der Waals surface area contributed by atoms with Crippen molar-refractivity contribution >= 4 is 17.9 Å². The van der Waals surface area contributed by atoms with Crippen molar-refractivity contribution in [3.63, 3.8) is 0 Å². The van der Waals surface area contributed by atoms with Crippen LogP contribution in [-0.4, -0.2) is 59.0 Å². The third-order valence-electron chi connectivity index (χ3n) is 4.80. The monoisotopic (exact) mass is 381 g/mol. The Labute approximate surface area is 163 Å². The van der Waals surface area contributed by atoms with E-state index in [-0.39, 0.29) is 17.5 Å². The summed E-state index contributed by atoms with van der Waals surface area (Å²) in [5.41, 5.74) is 2.81. The quantitative estimate of drug-likeness (QED) is 0.851. The van der Waals surface area contributed by atoms with E-state index in [9.17, 15) is 14.4 Å². The Balaban J connectivity index is 1.47. The molecule has 0 aliphatic carbocycles. The lowest BCUT2D eigenvalue weighted by molar-refractivity contribution is 0.0663. The van der Waals surface area contributed by atoms with Crippen LogP contribution in [0.4, 0.5) is 4.79 Å². The topological polar surface area (TPSA) is 90.0 Å². The Morgan fingerprint density at radius 3 is 1.96 bits per heavy atom. The summed E-state index contributed by atoms with van der Waals surface area (Å²) in [7, 11) is 0. The van der Waals surface area contributed by atoms with Gasteiger partial charge in [-0.2, -0.15) is 0 Å². The van der Waals surface area contributed by atoms with Gasteiger partial charge in [0.25, 0.3) is 5.91 Å². The fourth-order valence-electron chi connectivity index (χ4n) is 3.05. The molecule has 28 heavy (non-hydrogen) atoms. The number of nitrogens with zero attached hydrogens (tertiary/aromatic N) is 2. The largest absolute Gasteiger partial charge is 0.478 e. The number of urea groups is 1. The molecule has 7 heteroatoms. The van der Waals surface area contributed by atoms with E-state index in [0.29, 0.717) is 38.3 Å². The summed E-state index contributed by atoms with van der Waals surface area (Å²) in [5.74, 6) is -0.993. The molecule has 0 spiro atoms. The Bertz CT molecular complexity index is 854. The molecule has 0 radical (unpaired) electrons. The van der Waals surface area contributed by atoms with E-state index in [1.54, 1.807) is 21.9 Å². The molecule has 1 heterocycles. The van der Waals surface area contributed by atoms with Gasteiger partial charge >= 0.3 is 12.0 Å². The number of hydrogen-bond donors (Lipinski definition) is 2. The van der Waals surface area contributed by atoms with Gasteiger partial charge in [0.15, 0.2) is 0 Å². The summed E-state index contributed by atoms with van der Waals surface area (Å²) < 4.78 is 0. The zero-order valence-corrected chi connectivity index (χ0v) is 15.7. The SMILES string of the molecule is Cc1ccc(C(=O)N2CCN(C(=O)NCc3ccc(C(=O)O)cc3)CC2)cc1. The van der Waals surface area contributed by atoms with Crippen molar-refractivity contribution in [3.8, 4) is 0 Å². The lowest BCUT2D eigenvalue weighted by atomic mass is 10.1. The van der Waals surface area contributed by atoms with Crippen molar-refractivity contribution < 1.29 is 19.5 Å². The second-order valence-corrected chi connectivity index (χ2v) is 6.81. The third-order valence-corrected chi connectivity index (χ3v) is 4.80. The molecule has 1 aliphatic rings. The van der Waals surface area contributed by atoms with Gasteiger partial charge in [-0.3, -0.25) is 4.79 Å². The maximum Gasteiger partial charge on any atom is 0.335 e. The van der Waals surface area contributed by atoms with Gasteiger partial charge in [-0.25, -0.2) is 9.59 Å². The van der Waals surface area contributed by atoms with Gasteiger partial charge in [0.2, 0.25) is 0 Å². The maximum atomic E-state index is 12.5. The molecule has 7 nitrogen and oxygen atoms in total. The third kappa shape index (κ3) is 4.68. The van der Waals surface area contributed by atoms with Crippen LogP contribution in [0.3, 0.4) is 0 Å². The first-order chi connectivity index (χ1) is 13.4. The first-order valence-electron chi connectivity index (χ1n) is 9.15. The summed E-state index contributed by atoms with van der Waals surface area (Å²) in [6, 6.07) is 13.7. The number of aryl methyl sites for hydroxylation is 1. The average molecular weight is 381 g/mol. The Morgan fingerprint density at radius 2 is 1.39 bits per heavy atom. The molecular formula is C21H23N3O4. The number of benzene rings is 2. The number of amides is 3. The van der Waals surface area contributed by atoms with E-state index in [4.69, 9.17) is 5.11 Å². The Morgan fingerprint density at radius 1 is 0.857 bits per heavy atom. The number of carboxylic acids is 1. The minimum atomic E-state index is -0.978.